The molecule has 2 fully saturated rings. The van der Waals surface area contributed by atoms with Crippen LogP contribution in [0.4, 0.5) is 0 Å². The molecule has 0 aliphatic heterocycles. The summed E-state index contributed by atoms with van der Waals surface area (Å²) < 4.78 is 0. The van der Waals surface area contributed by atoms with Crippen molar-refractivity contribution in [2.75, 3.05) is 0 Å². The van der Waals surface area contributed by atoms with Gasteiger partial charge in [-0.1, -0.05) is 6.42 Å². The van der Waals surface area contributed by atoms with E-state index >= 15 is 0 Å². The topological polar surface area (TPSA) is 70.2 Å². The lowest BCUT2D eigenvalue weighted by Gasteiger charge is -2.19. The van der Waals surface area contributed by atoms with Crippen LogP contribution < -0.4 is 0 Å². The Morgan fingerprint density at radius 2 is 2.12 bits per heavy atom. The molecule has 2 saturated carbocycles. The number of carbonyl (C=O) groups excluding carboxylic acids is 1. The van der Waals surface area contributed by atoms with Crippen LogP contribution in [0.2, 0.25) is 0 Å². The van der Waals surface area contributed by atoms with Crippen molar-refractivity contribution in [3.63, 3.8) is 0 Å². The average Bonchev–Trinajstić information content (AvgIpc) is 3.03. The maximum atomic E-state index is 12.3. The molecule has 1 aromatic heterocycles. The normalized spacial score (nSPS) is 30.7. The van der Waals surface area contributed by atoms with Crippen LogP contribution in [0.3, 0.4) is 0 Å². The van der Waals surface area contributed by atoms with Gasteiger partial charge in [-0.2, -0.15) is 0 Å². The van der Waals surface area contributed by atoms with Crippen LogP contribution in [-0.2, 0) is 0 Å². The number of hydrogen-bond acceptors (Lipinski definition) is 2. The van der Waals surface area contributed by atoms with Gasteiger partial charge in [0.1, 0.15) is 5.69 Å². The van der Waals surface area contributed by atoms with Gasteiger partial charge in [0, 0.05) is 17.7 Å². The second-order valence-electron chi connectivity index (χ2n) is 5.25. The minimum Gasteiger partial charge on any atom is -0.477 e. The Bertz CT molecular complexity index is 477. The largest absolute Gasteiger partial charge is 0.477 e. The van der Waals surface area contributed by atoms with Crippen LogP contribution in [0.1, 0.15) is 46.5 Å². The highest BCUT2D eigenvalue weighted by Crippen LogP contribution is 2.49. The summed E-state index contributed by atoms with van der Waals surface area (Å²) in [5, 5.41) is 8.81. The molecule has 0 amide bonds. The van der Waals surface area contributed by atoms with Gasteiger partial charge in [0.15, 0.2) is 5.78 Å². The van der Waals surface area contributed by atoms with E-state index in [1.807, 2.05) is 0 Å². The number of carbonyl (C=O) groups is 2. The second kappa shape index (κ2) is 3.72. The molecule has 4 heteroatoms. The Balaban J connectivity index is 1.79. The maximum Gasteiger partial charge on any atom is 0.352 e. The predicted octanol–water partition coefficient (Wildman–Crippen LogP) is 2.33. The average molecular weight is 233 g/mol. The highest BCUT2D eigenvalue weighted by molar-refractivity contribution is 6.00. The Hall–Kier alpha value is -1.58. The molecule has 0 aromatic carbocycles. The highest BCUT2D eigenvalue weighted by atomic mass is 16.4. The number of Topliss-reactive ketones (excluding diaryl/α,β-unsaturated/α-hetero) is 1. The van der Waals surface area contributed by atoms with E-state index in [9.17, 15) is 9.59 Å². The fourth-order valence-corrected chi connectivity index (χ4v) is 3.44. The standard InChI is InChI=1S/C13H15NO3/c15-12(9-5-11(13(16)17)14-6-9)10-4-7-1-2-8(10)3-7/h5-8,10,14H,1-4H2,(H,16,17). The fourth-order valence-electron chi connectivity index (χ4n) is 3.44. The van der Waals surface area contributed by atoms with E-state index in [4.69, 9.17) is 5.11 Å². The van der Waals surface area contributed by atoms with Gasteiger partial charge in [-0.3, -0.25) is 4.79 Å². The second-order valence-corrected chi connectivity index (χ2v) is 5.25. The lowest BCUT2D eigenvalue weighted by molar-refractivity contribution is 0.0691. The van der Waals surface area contributed by atoms with E-state index in [0.29, 0.717) is 11.5 Å². The number of carboxylic acid groups (broad SMARTS) is 1. The van der Waals surface area contributed by atoms with Crippen LogP contribution in [0.5, 0.6) is 0 Å². The Morgan fingerprint density at radius 1 is 1.29 bits per heavy atom. The Morgan fingerprint density at radius 3 is 2.65 bits per heavy atom. The molecular weight excluding hydrogens is 218 g/mol. The minimum absolute atomic E-state index is 0.0940. The zero-order chi connectivity index (χ0) is 12.0. The zero-order valence-corrected chi connectivity index (χ0v) is 9.48. The molecule has 17 heavy (non-hydrogen) atoms. The third-order valence-corrected chi connectivity index (χ3v) is 4.27. The molecule has 3 unspecified atom stereocenters. The van der Waals surface area contributed by atoms with Crippen molar-refractivity contribution in [2.45, 2.75) is 25.7 Å². The highest BCUT2D eigenvalue weighted by Gasteiger charge is 2.43. The maximum absolute atomic E-state index is 12.3. The number of hydrogen-bond donors (Lipinski definition) is 2. The van der Waals surface area contributed by atoms with Gasteiger partial charge < -0.3 is 10.1 Å². The van der Waals surface area contributed by atoms with Crippen molar-refractivity contribution in [3.8, 4) is 0 Å². The van der Waals surface area contributed by atoms with E-state index in [2.05, 4.69) is 4.98 Å². The van der Waals surface area contributed by atoms with Gasteiger partial charge in [0.05, 0.1) is 0 Å². The first-order chi connectivity index (χ1) is 8.15. The number of rotatable bonds is 3. The summed E-state index contributed by atoms with van der Waals surface area (Å²) in [4.78, 5) is 25.6. The number of nitrogens with one attached hydrogen (secondary N) is 1. The zero-order valence-electron chi connectivity index (χ0n) is 9.48. The Kier molecular flexibility index (Phi) is 2.31. The smallest absolute Gasteiger partial charge is 0.352 e. The molecule has 2 N–H and O–H groups in total. The number of H-pyrrole nitrogens is 1. The first-order valence-electron chi connectivity index (χ1n) is 6.11. The van der Waals surface area contributed by atoms with Crippen LogP contribution >= 0.6 is 0 Å². The number of carboxylic acids is 1. The number of aromatic nitrogens is 1. The van der Waals surface area contributed by atoms with Gasteiger partial charge in [-0.15, -0.1) is 0 Å². The van der Waals surface area contributed by atoms with Crippen molar-refractivity contribution < 1.29 is 14.7 Å². The van der Waals surface area contributed by atoms with E-state index < -0.39 is 5.97 Å². The van der Waals surface area contributed by atoms with E-state index in [-0.39, 0.29) is 17.4 Å². The molecule has 2 bridgehead atoms. The van der Waals surface area contributed by atoms with Crippen molar-refractivity contribution in [3.05, 3.63) is 23.5 Å². The fraction of sp³-hybridized carbons (Fsp3) is 0.538. The molecule has 0 saturated heterocycles. The lowest BCUT2D eigenvalue weighted by atomic mass is 9.84. The molecule has 3 atom stereocenters. The van der Waals surface area contributed by atoms with Gasteiger partial charge in [-0.25, -0.2) is 4.79 Å². The molecule has 4 nitrogen and oxygen atoms in total. The molecule has 0 spiro atoms. The number of ketones is 1. The summed E-state index contributed by atoms with van der Waals surface area (Å²) >= 11 is 0. The summed E-state index contributed by atoms with van der Waals surface area (Å²) in [6.45, 7) is 0. The summed E-state index contributed by atoms with van der Waals surface area (Å²) in [5.74, 6) is 0.506. The molecule has 1 aromatic rings. The predicted molar refractivity (Wildman–Crippen MR) is 61.0 cm³/mol. The van der Waals surface area contributed by atoms with Gasteiger partial charge >= 0.3 is 5.97 Å². The summed E-state index contributed by atoms with van der Waals surface area (Å²) in [6, 6.07) is 1.46. The molecule has 2 aliphatic rings. The molecule has 0 radical (unpaired) electrons. The number of fused-ring (bicyclic) bond motifs is 2. The molecular formula is C13H15NO3. The quantitative estimate of drug-likeness (QED) is 0.787. The SMILES string of the molecule is O=C(O)c1cc(C(=O)C2CC3CCC2C3)c[nH]1. The third kappa shape index (κ3) is 1.68. The summed E-state index contributed by atoms with van der Waals surface area (Å²) in [5.41, 5.74) is 0.622. The Labute approximate surface area is 99.0 Å². The van der Waals surface area contributed by atoms with Crippen molar-refractivity contribution >= 4 is 11.8 Å². The van der Waals surface area contributed by atoms with Crippen LogP contribution in [-0.4, -0.2) is 21.8 Å². The number of aromatic carboxylic acids is 1. The van der Waals surface area contributed by atoms with Crippen molar-refractivity contribution in [2.24, 2.45) is 17.8 Å². The molecule has 2 aliphatic carbocycles. The van der Waals surface area contributed by atoms with Gasteiger partial charge in [0.25, 0.3) is 0 Å². The van der Waals surface area contributed by atoms with Crippen molar-refractivity contribution in [1.29, 1.82) is 0 Å². The molecule has 3 rings (SSSR count). The summed E-state index contributed by atoms with van der Waals surface area (Å²) in [7, 11) is 0. The van der Waals surface area contributed by atoms with Gasteiger partial charge in [0.2, 0.25) is 0 Å². The van der Waals surface area contributed by atoms with E-state index in [0.717, 1.165) is 18.8 Å². The molecule has 90 valence electrons. The van der Waals surface area contributed by atoms with Crippen LogP contribution in [0.25, 0.3) is 0 Å². The first kappa shape index (κ1) is 10.6. The summed E-state index contributed by atoms with van der Waals surface area (Å²) in [6.07, 6.45) is 6.14. The van der Waals surface area contributed by atoms with Crippen LogP contribution in [0, 0.1) is 17.8 Å². The van der Waals surface area contributed by atoms with E-state index in [1.54, 1.807) is 0 Å². The minimum atomic E-state index is -1.02. The lowest BCUT2D eigenvalue weighted by Crippen LogP contribution is -2.20. The molecule has 1 heterocycles. The first-order valence-corrected chi connectivity index (χ1v) is 6.11. The number of aromatic amines is 1. The van der Waals surface area contributed by atoms with Crippen LogP contribution in [0.15, 0.2) is 12.3 Å². The third-order valence-electron chi connectivity index (χ3n) is 4.27. The van der Waals surface area contributed by atoms with Crippen molar-refractivity contribution in [1.82, 2.24) is 4.98 Å². The van der Waals surface area contributed by atoms with E-state index in [1.165, 1.54) is 25.1 Å². The monoisotopic (exact) mass is 233 g/mol. The van der Waals surface area contributed by atoms with Gasteiger partial charge in [-0.05, 0) is 37.2 Å².